The van der Waals surface area contributed by atoms with E-state index in [9.17, 15) is 4.79 Å². The number of nitrogens with zero attached hydrogens (tertiary/aromatic N) is 3. The number of rotatable bonds is 6. The molecular weight excluding hydrogens is 304 g/mol. The Hall–Kier alpha value is -2.21. The number of nitrogens with one attached hydrogen (secondary N) is 1. The molecule has 24 heavy (non-hydrogen) atoms. The van der Waals surface area contributed by atoms with Crippen LogP contribution in [0.3, 0.4) is 0 Å². The third-order valence-electron chi connectivity index (χ3n) is 4.49. The van der Waals surface area contributed by atoms with Gasteiger partial charge >= 0.3 is 0 Å². The highest BCUT2D eigenvalue weighted by Gasteiger charge is 2.21. The fraction of sp³-hybridized carbons (Fsp3) is 0.500. The Kier molecular flexibility index (Phi) is 5.59. The number of likely N-dealkylation sites (tertiary alicyclic amines) is 1. The number of amides is 1. The van der Waals surface area contributed by atoms with Gasteiger partial charge in [0.25, 0.3) is 0 Å². The Bertz CT molecular complexity index is 710. The fourth-order valence-corrected chi connectivity index (χ4v) is 3.25. The van der Waals surface area contributed by atoms with E-state index in [2.05, 4.69) is 26.6 Å². The van der Waals surface area contributed by atoms with Crippen molar-refractivity contribution in [2.75, 3.05) is 19.6 Å². The van der Waals surface area contributed by atoms with Crippen LogP contribution >= 0.6 is 0 Å². The van der Waals surface area contributed by atoms with Crippen molar-refractivity contribution < 1.29 is 9.42 Å². The van der Waals surface area contributed by atoms with Crippen LogP contribution in [0.2, 0.25) is 0 Å². The molecule has 3 rings (SSSR count). The van der Waals surface area contributed by atoms with Crippen LogP contribution in [-0.2, 0) is 11.3 Å². The average Bonchev–Trinajstić information content (AvgIpc) is 3.08. The number of allylic oxidation sites excluding steroid dienone is 1. The number of hydrogen-bond donors (Lipinski definition) is 1. The van der Waals surface area contributed by atoms with Crippen molar-refractivity contribution in [1.82, 2.24) is 20.5 Å². The Morgan fingerprint density at radius 1 is 1.46 bits per heavy atom. The fourth-order valence-electron chi connectivity index (χ4n) is 3.25. The van der Waals surface area contributed by atoms with Crippen molar-refractivity contribution in [3.8, 4) is 0 Å². The van der Waals surface area contributed by atoms with Gasteiger partial charge in [0.1, 0.15) is 11.0 Å². The predicted molar refractivity (Wildman–Crippen MR) is 92.2 cm³/mol. The van der Waals surface area contributed by atoms with Crippen LogP contribution in [-0.4, -0.2) is 40.8 Å². The third kappa shape index (κ3) is 4.20. The number of aromatic nitrogens is 2. The molecule has 1 N–H and O–H groups in total. The molecule has 1 saturated heterocycles. The van der Waals surface area contributed by atoms with Crippen molar-refractivity contribution in [3.05, 3.63) is 35.9 Å². The van der Waals surface area contributed by atoms with Crippen molar-refractivity contribution in [2.45, 2.75) is 32.7 Å². The standard InChI is InChI=1S/C18H24N4O2/c1-2-3-9-17(23)19-11-14-6-5-10-22(12-14)13-15-7-4-8-16-18(15)21-24-20-16/h2-4,7-8,14H,5-6,9-13H2,1H3,(H,19,23)/b3-2+. The SMILES string of the molecule is C/C=C/CC(=O)NCC1CCCN(Cc2cccc3nonc23)C1. The molecule has 0 bridgehead atoms. The minimum absolute atomic E-state index is 0.101. The normalized spacial score (nSPS) is 19.1. The van der Waals surface area contributed by atoms with E-state index in [1.807, 2.05) is 31.2 Å². The molecule has 6 nitrogen and oxygen atoms in total. The van der Waals surface area contributed by atoms with Crippen LogP contribution in [0.4, 0.5) is 0 Å². The maximum Gasteiger partial charge on any atom is 0.223 e. The van der Waals surface area contributed by atoms with Gasteiger partial charge in [-0.1, -0.05) is 24.3 Å². The first kappa shape index (κ1) is 16.6. The number of carbonyl (C=O) groups is 1. The van der Waals surface area contributed by atoms with Gasteiger partial charge in [-0.05, 0) is 54.2 Å². The van der Waals surface area contributed by atoms with Gasteiger partial charge in [0.2, 0.25) is 5.91 Å². The topological polar surface area (TPSA) is 71.3 Å². The monoisotopic (exact) mass is 328 g/mol. The molecule has 1 fully saturated rings. The van der Waals surface area contributed by atoms with Crippen LogP contribution in [0.15, 0.2) is 35.0 Å². The third-order valence-corrected chi connectivity index (χ3v) is 4.49. The average molecular weight is 328 g/mol. The van der Waals surface area contributed by atoms with Gasteiger partial charge in [-0.3, -0.25) is 9.69 Å². The lowest BCUT2D eigenvalue weighted by Gasteiger charge is -2.32. The lowest BCUT2D eigenvalue weighted by Crippen LogP contribution is -2.40. The molecule has 1 aromatic carbocycles. The van der Waals surface area contributed by atoms with Crippen molar-refractivity contribution >= 4 is 16.9 Å². The number of hydrogen-bond acceptors (Lipinski definition) is 5. The van der Waals surface area contributed by atoms with E-state index in [0.717, 1.165) is 55.6 Å². The van der Waals surface area contributed by atoms with Crippen LogP contribution in [0.1, 0.15) is 31.7 Å². The van der Waals surface area contributed by atoms with Gasteiger partial charge in [0.15, 0.2) is 0 Å². The quantitative estimate of drug-likeness (QED) is 0.825. The van der Waals surface area contributed by atoms with Gasteiger partial charge < -0.3 is 5.32 Å². The van der Waals surface area contributed by atoms with Gasteiger partial charge in [0, 0.05) is 26.1 Å². The molecule has 0 aliphatic carbocycles. The highest BCUT2D eigenvalue weighted by Crippen LogP contribution is 2.21. The summed E-state index contributed by atoms with van der Waals surface area (Å²) in [6.07, 6.45) is 6.57. The zero-order valence-corrected chi connectivity index (χ0v) is 14.1. The van der Waals surface area contributed by atoms with Crippen molar-refractivity contribution in [1.29, 1.82) is 0 Å². The molecule has 1 aromatic heterocycles. The Balaban J connectivity index is 1.54. The molecular formula is C18H24N4O2. The molecule has 1 atom stereocenters. The first-order valence-corrected chi connectivity index (χ1v) is 8.56. The molecule has 6 heteroatoms. The van der Waals surface area contributed by atoms with Crippen LogP contribution in [0, 0.1) is 5.92 Å². The van der Waals surface area contributed by atoms with E-state index in [-0.39, 0.29) is 5.91 Å². The minimum Gasteiger partial charge on any atom is -0.356 e. The first-order chi connectivity index (χ1) is 11.8. The summed E-state index contributed by atoms with van der Waals surface area (Å²) in [5.41, 5.74) is 2.79. The Morgan fingerprint density at radius 2 is 2.38 bits per heavy atom. The zero-order valence-electron chi connectivity index (χ0n) is 14.1. The zero-order chi connectivity index (χ0) is 16.8. The highest BCUT2D eigenvalue weighted by molar-refractivity contribution is 5.77. The molecule has 1 aliphatic heterocycles. The second kappa shape index (κ2) is 8.06. The molecule has 1 aliphatic rings. The molecule has 0 spiro atoms. The van der Waals surface area contributed by atoms with Crippen LogP contribution < -0.4 is 5.32 Å². The number of fused-ring (bicyclic) bond motifs is 1. The van der Waals surface area contributed by atoms with E-state index in [1.165, 1.54) is 0 Å². The van der Waals surface area contributed by atoms with Gasteiger partial charge in [-0.15, -0.1) is 0 Å². The summed E-state index contributed by atoms with van der Waals surface area (Å²) < 4.78 is 4.84. The van der Waals surface area contributed by atoms with E-state index in [1.54, 1.807) is 0 Å². The largest absolute Gasteiger partial charge is 0.356 e. The van der Waals surface area contributed by atoms with Gasteiger partial charge in [-0.25, -0.2) is 4.63 Å². The van der Waals surface area contributed by atoms with E-state index < -0.39 is 0 Å². The second-order valence-electron chi connectivity index (χ2n) is 6.37. The number of carbonyl (C=O) groups excluding carboxylic acids is 1. The predicted octanol–water partition coefficient (Wildman–Crippen LogP) is 2.52. The summed E-state index contributed by atoms with van der Waals surface area (Å²) in [4.78, 5) is 14.2. The van der Waals surface area contributed by atoms with E-state index in [0.29, 0.717) is 12.3 Å². The van der Waals surface area contributed by atoms with Crippen LogP contribution in [0.5, 0.6) is 0 Å². The Labute approximate surface area is 141 Å². The van der Waals surface area contributed by atoms with Gasteiger partial charge in [-0.2, -0.15) is 0 Å². The van der Waals surface area contributed by atoms with Crippen molar-refractivity contribution in [3.63, 3.8) is 0 Å². The second-order valence-corrected chi connectivity index (χ2v) is 6.37. The van der Waals surface area contributed by atoms with Crippen molar-refractivity contribution in [2.24, 2.45) is 5.92 Å². The lowest BCUT2D eigenvalue weighted by molar-refractivity contribution is -0.120. The smallest absolute Gasteiger partial charge is 0.223 e. The molecule has 128 valence electrons. The van der Waals surface area contributed by atoms with Crippen LogP contribution in [0.25, 0.3) is 11.0 Å². The summed E-state index contributed by atoms with van der Waals surface area (Å²) in [6, 6.07) is 5.98. The highest BCUT2D eigenvalue weighted by atomic mass is 16.6. The summed E-state index contributed by atoms with van der Waals surface area (Å²) in [5, 5.41) is 11.0. The molecule has 2 aromatic rings. The summed E-state index contributed by atoms with van der Waals surface area (Å²) in [6.45, 7) is 5.59. The maximum atomic E-state index is 11.7. The summed E-state index contributed by atoms with van der Waals surface area (Å²) in [7, 11) is 0. The first-order valence-electron chi connectivity index (χ1n) is 8.56. The molecule has 1 amide bonds. The van der Waals surface area contributed by atoms with Gasteiger partial charge in [0.05, 0.1) is 0 Å². The molecule has 1 unspecified atom stereocenters. The maximum absolute atomic E-state index is 11.7. The lowest BCUT2D eigenvalue weighted by atomic mass is 9.97. The molecule has 0 radical (unpaired) electrons. The molecule has 2 heterocycles. The Morgan fingerprint density at radius 3 is 3.25 bits per heavy atom. The minimum atomic E-state index is 0.101. The summed E-state index contributed by atoms with van der Waals surface area (Å²) >= 11 is 0. The summed E-state index contributed by atoms with van der Waals surface area (Å²) in [5.74, 6) is 0.603. The van der Waals surface area contributed by atoms with E-state index in [4.69, 9.17) is 4.63 Å². The van der Waals surface area contributed by atoms with E-state index >= 15 is 0 Å². The molecule has 0 saturated carbocycles. The number of benzene rings is 1. The number of piperidine rings is 1.